The summed E-state index contributed by atoms with van der Waals surface area (Å²) >= 11 is 0. The molecule has 0 bridgehead atoms. The Hall–Kier alpha value is -0.970. The predicted molar refractivity (Wildman–Crippen MR) is 60.9 cm³/mol. The molecule has 0 aliphatic carbocycles. The Morgan fingerprint density at radius 2 is 2.06 bits per heavy atom. The maximum absolute atomic E-state index is 13.5. The standard InChI is InChI=1S/C12H18FNO2/c1-14-9-12(16-8-7-15-2)10-5-3-4-6-11(10)13/h3-6,12,14H,7-9H2,1-2H3. The number of hydrogen-bond acceptors (Lipinski definition) is 3. The minimum atomic E-state index is -0.277. The third kappa shape index (κ3) is 3.89. The first kappa shape index (κ1) is 13.1. The van der Waals surface area contributed by atoms with Gasteiger partial charge in [-0.05, 0) is 13.1 Å². The molecule has 3 nitrogen and oxygen atoms in total. The molecule has 0 fully saturated rings. The maximum Gasteiger partial charge on any atom is 0.129 e. The van der Waals surface area contributed by atoms with Crippen LogP contribution in [-0.2, 0) is 9.47 Å². The van der Waals surface area contributed by atoms with Crippen molar-refractivity contribution in [3.63, 3.8) is 0 Å². The van der Waals surface area contributed by atoms with E-state index in [1.165, 1.54) is 6.07 Å². The molecule has 0 aromatic heterocycles. The molecule has 1 unspecified atom stereocenters. The number of ether oxygens (including phenoxy) is 2. The number of nitrogens with one attached hydrogen (secondary N) is 1. The Morgan fingerprint density at radius 1 is 1.31 bits per heavy atom. The van der Waals surface area contributed by atoms with E-state index < -0.39 is 0 Å². The highest BCUT2D eigenvalue weighted by molar-refractivity contribution is 5.20. The van der Waals surface area contributed by atoms with Crippen LogP contribution in [0.1, 0.15) is 11.7 Å². The Morgan fingerprint density at radius 3 is 2.69 bits per heavy atom. The molecular formula is C12H18FNO2. The van der Waals surface area contributed by atoms with Crippen molar-refractivity contribution in [2.45, 2.75) is 6.10 Å². The summed E-state index contributed by atoms with van der Waals surface area (Å²) in [5, 5.41) is 2.99. The van der Waals surface area contributed by atoms with Crippen LogP contribution >= 0.6 is 0 Å². The molecule has 1 aromatic rings. The molecule has 90 valence electrons. The Bertz CT molecular complexity index is 307. The van der Waals surface area contributed by atoms with Crippen LogP contribution in [0.25, 0.3) is 0 Å². The van der Waals surface area contributed by atoms with Crippen molar-refractivity contribution >= 4 is 0 Å². The van der Waals surface area contributed by atoms with E-state index in [-0.39, 0.29) is 11.9 Å². The average Bonchev–Trinajstić information content (AvgIpc) is 2.29. The highest BCUT2D eigenvalue weighted by Gasteiger charge is 2.14. The van der Waals surface area contributed by atoms with Crippen LogP contribution in [0.5, 0.6) is 0 Å². The van der Waals surface area contributed by atoms with Gasteiger partial charge in [0.25, 0.3) is 0 Å². The molecule has 0 aliphatic heterocycles. The summed E-state index contributed by atoms with van der Waals surface area (Å²) in [6, 6.07) is 6.66. The monoisotopic (exact) mass is 227 g/mol. The summed E-state index contributed by atoms with van der Waals surface area (Å²) in [5.74, 6) is -0.236. The molecule has 16 heavy (non-hydrogen) atoms. The smallest absolute Gasteiger partial charge is 0.129 e. The summed E-state index contributed by atoms with van der Waals surface area (Å²) in [6.07, 6.45) is -0.277. The van der Waals surface area contributed by atoms with Crippen LogP contribution in [0.2, 0.25) is 0 Å². The summed E-state index contributed by atoms with van der Waals surface area (Å²) in [5.41, 5.74) is 0.577. The van der Waals surface area contributed by atoms with Gasteiger partial charge in [-0.2, -0.15) is 0 Å². The normalized spacial score (nSPS) is 12.7. The fourth-order valence-corrected chi connectivity index (χ4v) is 1.45. The SMILES string of the molecule is CNCC(OCCOC)c1ccccc1F. The lowest BCUT2D eigenvalue weighted by Crippen LogP contribution is -2.22. The fourth-order valence-electron chi connectivity index (χ4n) is 1.45. The lowest BCUT2D eigenvalue weighted by molar-refractivity contribution is 0.0159. The molecule has 0 amide bonds. The van der Waals surface area contributed by atoms with E-state index in [1.54, 1.807) is 25.3 Å². The first-order valence-electron chi connectivity index (χ1n) is 5.29. The Kier molecular flexibility index (Phi) is 6.00. The van der Waals surface area contributed by atoms with E-state index in [1.807, 2.05) is 7.05 Å². The van der Waals surface area contributed by atoms with Gasteiger partial charge in [0, 0.05) is 19.2 Å². The van der Waals surface area contributed by atoms with Gasteiger partial charge >= 0.3 is 0 Å². The zero-order valence-corrected chi connectivity index (χ0v) is 9.70. The molecular weight excluding hydrogens is 209 g/mol. The number of hydrogen-bond donors (Lipinski definition) is 1. The number of rotatable bonds is 7. The lowest BCUT2D eigenvalue weighted by atomic mass is 10.1. The average molecular weight is 227 g/mol. The van der Waals surface area contributed by atoms with Gasteiger partial charge in [-0.1, -0.05) is 18.2 Å². The number of halogens is 1. The summed E-state index contributed by atoms with van der Waals surface area (Å²) < 4.78 is 24.0. The lowest BCUT2D eigenvalue weighted by Gasteiger charge is -2.18. The highest BCUT2D eigenvalue weighted by Crippen LogP contribution is 2.19. The van der Waals surface area contributed by atoms with Crippen LogP contribution < -0.4 is 5.32 Å². The molecule has 0 aliphatic rings. The Balaban J connectivity index is 2.65. The van der Waals surface area contributed by atoms with E-state index >= 15 is 0 Å². The minimum absolute atomic E-state index is 0.236. The van der Waals surface area contributed by atoms with Crippen molar-refractivity contribution in [2.24, 2.45) is 0 Å². The van der Waals surface area contributed by atoms with Gasteiger partial charge in [-0.25, -0.2) is 4.39 Å². The molecule has 0 saturated carbocycles. The van der Waals surface area contributed by atoms with Gasteiger partial charge in [-0.15, -0.1) is 0 Å². The van der Waals surface area contributed by atoms with Crippen molar-refractivity contribution in [3.05, 3.63) is 35.6 Å². The van der Waals surface area contributed by atoms with Gasteiger partial charge in [0.2, 0.25) is 0 Å². The van der Waals surface area contributed by atoms with E-state index in [4.69, 9.17) is 9.47 Å². The topological polar surface area (TPSA) is 30.5 Å². The van der Waals surface area contributed by atoms with Crippen LogP contribution in [0.4, 0.5) is 4.39 Å². The minimum Gasteiger partial charge on any atom is -0.382 e. The number of methoxy groups -OCH3 is 1. The van der Waals surface area contributed by atoms with Crippen molar-refractivity contribution < 1.29 is 13.9 Å². The molecule has 0 spiro atoms. The van der Waals surface area contributed by atoms with Gasteiger partial charge < -0.3 is 14.8 Å². The van der Waals surface area contributed by atoms with E-state index in [9.17, 15) is 4.39 Å². The van der Waals surface area contributed by atoms with Gasteiger partial charge in [0.1, 0.15) is 5.82 Å². The van der Waals surface area contributed by atoms with E-state index in [0.717, 1.165) is 0 Å². The van der Waals surface area contributed by atoms with Crippen molar-refractivity contribution in [3.8, 4) is 0 Å². The highest BCUT2D eigenvalue weighted by atomic mass is 19.1. The molecule has 1 N–H and O–H groups in total. The first-order chi connectivity index (χ1) is 7.79. The molecule has 1 rings (SSSR count). The van der Waals surface area contributed by atoms with Crippen molar-refractivity contribution in [1.29, 1.82) is 0 Å². The largest absolute Gasteiger partial charge is 0.382 e. The van der Waals surface area contributed by atoms with Crippen LogP contribution in [-0.4, -0.2) is 33.9 Å². The second-order valence-corrected chi connectivity index (χ2v) is 3.43. The molecule has 1 aromatic carbocycles. The number of benzene rings is 1. The van der Waals surface area contributed by atoms with E-state index in [2.05, 4.69) is 5.32 Å². The third-order valence-electron chi connectivity index (χ3n) is 2.25. The van der Waals surface area contributed by atoms with Gasteiger partial charge in [0.15, 0.2) is 0 Å². The third-order valence-corrected chi connectivity index (χ3v) is 2.25. The molecule has 0 radical (unpaired) electrons. The molecule has 4 heteroatoms. The Labute approximate surface area is 95.6 Å². The number of likely N-dealkylation sites (N-methyl/N-ethyl adjacent to an activating group) is 1. The summed E-state index contributed by atoms with van der Waals surface area (Å²) in [6.45, 7) is 1.54. The fraction of sp³-hybridized carbons (Fsp3) is 0.500. The molecule has 1 atom stereocenters. The zero-order chi connectivity index (χ0) is 11.8. The molecule has 0 saturated heterocycles. The summed E-state index contributed by atoms with van der Waals surface area (Å²) in [7, 11) is 3.42. The molecule has 0 heterocycles. The maximum atomic E-state index is 13.5. The van der Waals surface area contributed by atoms with Gasteiger partial charge in [0.05, 0.1) is 19.3 Å². The zero-order valence-electron chi connectivity index (χ0n) is 9.70. The van der Waals surface area contributed by atoms with Crippen LogP contribution in [0.3, 0.4) is 0 Å². The second-order valence-electron chi connectivity index (χ2n) is 3.43. The van der Waals surface area contributed by atoms with Gasteiger partial charge in [-0.3, -0.25) is 0 Å². The quantitative estimate of drug-likeness (QED) is 0.720. The predicted octanol–water partition coefficient (Wildman–Crippen LogP) is 1.75. The van der Waals surface area contributed by atoms with Crippen molar-refractivity contribution in [1.82, 2.24) is 5.32 Å². The van der Waals surface area contributed by atoms with E-state index in [0.29, 0.717) is 25.3 Å². The first-order valence-corrected chi connectivity index (χ1v) is 5.29. The summed E-state index contributed by atoms with van der Waals surface area (Å²) in [4.78, 5) is 0. The van der Waals surface area contributed by atoms with Crippen LogP contribution in [0, 0.1) is 5.82 Å². The second kappa shape index (κ2) is 7.33. The van der Waals surface area contributed by atoms with Crippen LogP contribution in [0.15, 0.2) is 24.3 Å². The van der Waals surface area contributed by atoms with Crippen molar-refractivity contribution in [2.75, 3.05) is 33.9 Å².